The molecule has 0 saturated heterocycles. The maximum absolute atomic E-state index is 2.46. The van der Waals surface area contributed by atoms with Gasteiger partial charge in [0.15, 0.2) is 0 Å². The lowest BCUT2D eigenvalue weighted by Gasteiger charge is -2.26. The normalized spacial score (nSPS) is 12.9. The molecule has 54 heavy (non-hydrogen) atoms. The summed E-state index contributed by atoms with van der Waals surface area (Å²) in [5.74, 6) is 0. The monoisotopic (exact) mass is 692 g/mol. The minimum atomic E-state index is -0.0658. The van der Waals surface area contributed by atoms with Crippen LogP contribution in [0.2, 0.25) is 0 Å². The van der Waals surface area contributed by atoms with E-state index in [4.69, 9.17) is 0 Å². The van der Waals surface area contributed by atoms with Crippen LogP contribution in [0.4, 0.5) is 17.1 Å². The van der Waals surface area contributed by atoms with Gasteiger partial charge in [0.1, 0.15) is 0 Å². The van der Waals surface area contributed by atoms with E-state index in [0.29, 0.717) is 0 Å². The summed E-state index contributed by atoms with van der Waals surface area (Å²) in [7, 11) is 0. The van der Waals surface area contributed by atoms with Gasteiger partial charge in [0, 0.05) is 38.9 Å². The van der Waals surface area contributed by atoms with Gasteiger partial charge in [0.05, 0.1) is 11.0 Å². The smallest absolute Gasteiger partial charge is 0.0541 e. The zero-order chi connectivity index (χ0) is 36.2. The summed E-state index contributed by atoms with van der Waals surface area (Å²) in [5.41, 5.74) is 17.4. The Hall–Kier alpha value is -6.64. The molecule has 1 aliphatic carbocycles. The fourth-order valence-electron chi connectivity index (χ4n) is 8.77. The summed E-state index contributed by atoms with van der Waals surface area (Å²) in [4.78, 5) is 2.37. The fraction of sp³-hybridized carbons (Fsp3) is 0.0769. The third kappa shape index (κ3) is 5.33. The molecule has 258 valence electrons. The van der Waals surface area contributed by atoms with Crippen molar-refractivity contribution in [3.8, 4) is 27.9 Å². The zero-order valence-electron chi connectivity index (χ0n) is 30.6. The van der Waals surface area contributed by atoms with Crippen LogP contribution in [0.3, 0.4) is 0 Å². The van der Waals surface area contributed by atoms with E-state index >= 15 is 0 Å². The van der Waals surface area contributed by atoms with Crippen molar-refractivity contribution in [2.24, 2.45) is 0 Å². The molecule has 0 aliphatic heterocycles. The van der Waals surface area contributed by atoms with E-state index in [9.17, 15) is 0 Å². The number of nitrogens with zero attached hydrogens (tertiary/aromatic N) is 2. The van der Waals surface area contributed by atoms with Crippen molar-refractivity contribution in [1.29, 1.82) is 0 Å². The molecule has 9 aromatic rings. The number of para-hydroxylation sites is 3. The number of aromatic nitrogens is 1. The lowest BCUT2D eigenvalue weighted by molar-refractivity contribution is 0.660. The van der Waals surface area contributed by atoms with Gasteiger partial charge in [-0.25, -0.2) is 0 Å². The second kappa shape index (κ2) is 12.8. The molecule has 0 radical (unpaired) electrons. The van der Waals surface area contributed by atoms with Crippen LogP contribution in [0.15, 0.2) is 194 Å². The molecule has 1 heterocycles. The average molecular weight is 693 g/mol. The minimum Gasteiger partial charge on any atom is -0.310 e. The maximum atomic E-state index is 2.46. The van der Waals surface area contributed by atoms with Crippen LogP contribution >= 0.6 is 0 Å². The molecule has 0 unspecified atom stereocenters. The first-order chi connectivity index (χ1) is 26.5. The molecule has 2 nitrogen and oxygen atoms in total. The average Bonchev–Trinajstić information content (AvgIpc) is 3.67. The van der Waals surface area contributed by atoms with Crippen molar-refractivity contribution in [2.45, 2.75) is 25.7 Å². The van der Waals surface area contributed by atoms with Gasteiger partial charge < -0.3 is 9.47 Å². The van der Waals surface area contributed by atoms with Gasteiger partial charge in [-0.2, -0.15) is 0 Å². The molecule has 0 atom stereocenters. The summed E-state index contributed by atoms with van der Waals surface area (Å²) in [6, 6.07) is 71.1. The third-order valence-electron chi connectivity index (χ3n) is 11.3. The largest absolute Gasteiger partial charge is 0.310 e. The molecule has 10 rings (SSSR count). The Labute approximate surface area is 317 Å². The molecular formula is C52H40N2. The molecule has 1 aromatic heterocycles. The van der Waals surface area contributed by atoms with Crippen molar-refractivity contribution in [3.05, 3.63) is 216 Å². The van der Waals surface area contributed by atoms with Crippen molar-refractivity contribution < 1.29 is 0 Å². The summed E-state index contributed by atoms with van der Waals surface area (Å²) in [5, 5.41) is 2.51. The van der Waals surface area contributed by atoms with Crippen LogP contribution in [-0.4, -0.2) is 4.57 Å². The van der Waals surface area contributed by atoms with Crippen LogP contribution in [0, 0.1) is 0 Å². The predicted octanol–water partition coefficient (Wildman–Crippen LogP) is 13.8. The molecule has 1 aliphatic rings. The number of benzene rings is 8. The summed E-state index contributed by atoms with van der Waals surface area (Å²) >= 11 is 0. The Bertz CT molecular complexity index is 2770. The van der Waals surface area contributed by atoms with Gasteiger partial charge >= 0.3 is 0 Å². The summed E-state index contributed by atoms with van der Waals surface area (Å²) < 4.78 is 2.46. The van der Waals surface area contributed by atoms with Gasteiger partial charge in [-0.05, 0) is 118 Å². The standard InChI is InChI=1S/C52H40N2/c1-52(2)48-24-14-12-22-44(48)45-28-27-42(35-49(45)52)54-50-25-15-13-23-46(50)47-34-38(26-29-51(47)54)39-31-37(30-36-16-6-3-7-17-36)32-43(33-39)53(40-18-8-4-9-19-40)41-20-10-5-11-21-41/h3-29,31-35H,30H2,1-2H3. The van der Waals surface area contributed by atoms with Crippen molar-refractivity contribution in [2.75, 3.05) is 4.90 Å². The first-order valence-corrected chi connectivity index (χ1v) is 18.9. The zero-order valence-corrected chi connectivity index (χ0v) is 30.6. The topological polar surface area (TPSA) is 8.17 Å². The first-order valence-electron chi connectivity index (χ1n) is 18.9. The lowest BCUT2D eigenvalue weighted by Crippen LogP contribution is -2.15. The second-order valence-electron chi connectivity index (χ2n) is 15.0. The quantitative estimate of drug-likeness (QED) is 0.161. The number of hydrogen-bond donors (Lipinski definition) is 0. The molecule has 0 saturated carbocycles. The number of anilines is 3. The molecule has 0 N–H and O–H groups in total. The van der Waals surface area contributed by atoms with E-state index < -0.39 is 0 Å². The van der Waals surface area contributed by atoms with Gasteiger partial charge in [-0.3, -0.25) is 0 Å². The molecule has 0 bridgehead atoms. The molecule has 8 aromatic carbocycles. The fourth-order valence-corrected chi connectivity index (χ4v) is 8.77. The van der Waals surface area contributed by atoms with Crippen LogP contribution < -0.4 is 4.90 Å². The van der Waals surface area contributed by atoms with Crippen LogP contribution in [0.25, 0.3) is 49.7 Å². The Morgan fingerprint density at radius 2 is 1.06 bits per heavy atom. The Balaban J connectivity index is 1.15. The van der Waals surface area contributed by atoms with E-state index in [1.54, 1.807) is 0 Å². The number of rotatable bonds is 7. The highest BCUT2D eigenvalue weighted by Gasteiger charge is 2.35. The molecule has 0 fully saturated rings. The highest BCUT2D eigenvalue weighted by Crippen LogP contribution is 2.49. The van der Waals surface area contributed by atoms with Crippen molar-refractivity contribution in [3.63, 3.8) is 0 Å². The van der Waals surface area contributed by atoms with E-state index in [1.807, 2.05) is 0 Å². The molecule has 2 heteroatoms. The predicted molar refractivity (Wildman–Crippen MR) is 228 cm³/mol. The van der Waals surface area contributed by atoms with E-state index in [1.165, 1.54) is 72.0 Å². The highest BCUT2D eigenvalue weighted by molar-refractivity contribution is 6.10. The van der Waals surface area contributed by atoms with Gasteiger partial charge in [0.2, 0.25) is 0 Å². The van der Waals surface area contributed by atoms with E-state index in [-0.39, 0.29) is 5.41 Å². The van der Waals surface area contributed by atoms with Crippen molar-refractivity contribution >= 4 is 38.9 Å². The van der Waals surface area contributed by atoms with Crippen LogP contribution in [0.1, 0.15) is 36.1 Å². The molecule has 0 spiro atoms. The molecule has 0 amide bonds. The van der Waals surface area contributed by atoms with Crippen LogP contribution in [-0.2, 0) is 11.8 Å². The van der Waals surface area contributed by atoms with E-state index in [0.717, 1.165) is 23.5 Å². The van der Waals surface area contributed by atoms with Gasteiger partial charge in [0.25, 0.3) is 0 Å². The van der Waals surface area contributed by atoms with Crippen LogP contribution in [0.5, 0.6) is 0 Å². The minimum absolute atomic E-state index is 0.0658. The summed E-state index contributed by atoms with van der Waals surface area (Å²) in [6.07, 6.45) is 0.846. The van der Waals surface area contributed by atoms with Gasteiger partial charge in [-0.15, -0.1) is 0 Å². The third-order valence-corrected chi connectivity index (χ3v) is 11.3. The SMILES string of the molecule is CC1(C)c2ccccc2-c2ccc(-n3c4ccccc4c4cc(-c5cc(Cc6ccccc6)cc(N(c6ccccc6)c6ccccc6)c5)ccc43)cc21. The Kier molecular flexibility index (Phi) is 7.59. The molecular weight excluding hydrogens is 653 g/mol. The number of fused-ring (bicyclic) bond motifs is 6. The first kappa shape index (κ1) is 32.0. The van der Waals surface area contributed by atoms with E-state index in [2.05, 4.69) is 217 Å². The lowest BCUT2D eigenvalue weighted by atomic mass is 9.82. The number of hydrogen-bond acceptors (Lipinski definition) is 1. The van der Waals surface area contributed by atoms with Crippen molar-refractivity contribution in [1.82, 2.24) is 4.57 Å². The Morgan fingerprint density at radius 3 is 1.81 bits per heavy atom. The second-order valence-corrected chi connectivity index (χ2v) is 15.0. The highest BCUT2D eigenvalue weighted by atomic mass is 15.1. The summed E-state index contributed by atoms with van der Waals surface area (Å²) in [6.45, 7) is 4.72. The van der Waals surface area contributed by atoms with Gasteiger partial charge in [-0.1, -0.05) is 141 Å². The maximum Gasteiger partial charge on any atom is 0.0541 e. The Morgan fingerprint density at radius 1 is 0.426 bits per heavy atom.